The average Bonchev–Trinajstić information content (AvgIpc) is 3.13. The third-order valence-corrected chi connectivity index (χ3v) is 3.67. The Morgan fingerprint density at radius 1 is 1.55 bits per heavy atom. The summed E-state index contributed by atoms with van der Waals surface area (Å²) in [6, 6.07) is 7.17. The molecule has 0 radical (unpaired) electrons. The molecule has 1 fully saturated rings. The molecule has 0 spiro atoms. The molecule has 0 saturated heterocycles. The molecular weight excluding hydrogens is 256 g/mol. The number of aromatic nitrogens is 2. The third-order valence-electron chi connectivity index (χ3n) is 3.67. The number of hydrogen-bond acceptors (Lipinski definition) is 3. The van der Waals surface area contributed by atoms with Gasteiger partial charge in [0.15, 0.2) is 0 Å². The van der Waals surface area contributed by atoms with Crippen molar-refractivity contribution >= 4 is 16.9 Å². The highest BCUT2D eigenvalue weighted by Gasteiger charge is 2.44. The van der Waals surface area contributed by atoms with Gasteiger partial charge >= 0.3 is 5.69 Å². The van der Waals surface area contributed by atoms with Gasteiger partial charge in [0.1, 0.15) is 5.54 Å². The second-order valence-electron chi connectivity index (χ2n) is 5.05. The van der Waals surface area contributed by atoms with Crippen LogP contribution in [0.2, 0.25) is 0 Å². The third kappa shape index (κ3) is 1.88. The second-order valence-corrected chi connectivity index (χ2v) is 5.05. The van der Waals surface area contributed by atoms with Gasteiger partial charge in [0.25, 0.3) is 5.91 Å². The molecule has 3 rings (SSSR count). The zero-order chi connectivity index (χ0) is 14.3. The number of imidazole rings is 1. The van der Waals surface area contributed by atoms with Crippen molar-refractivity contribution in [3.05, 3.63) is 34.2 Å². The summed E-state index contributed by atoms with van der Waals surface area (Å²) in [5, 5.41) is 11.7. The maximum atomic E-state index is 12.1. The lowest BCUT2D eigenvalue weighted by Crippen LogP contribution is -2.35. The first-order valence-corrected chi connectivity index (χ1v) is 6.55. The minimum atomic E-state index is -0.686. The van der Waals surface area contributed by atoms with Gasteiger partial charge in [0, 0.05) is 12.1 Å². The minimum absolute atomic E-state index is 0.184. The number of hydrogen-bond donors (Lipinski definition) is 2. The van der Waals surface area contributed by atoms with Crippen LogP contribution in [0.3, 0.4) is 0 Å². The molecule has 0 unspecified atom stereocenters. The van der Waals surface area contributed by atoms with Crippen LogP contribution in [0.25, 0.3) is 11.0 Å². The number of aryl methyl sites for hydroxylation is 1. The monoisotopic (exact) mass is 270 g/mol. The van der Waals surface area contributed by atoms with E-state index >= 15 is 0 Å². The number of fused-ring (bicyclic) bond motifs is 1. The van der Waals surface area contributed by atoms with Gasteiger partial charge in [0.2, 0.25) is 0 Å². The SMILES string of the molecule is CCn1c(=O)[nH]c2ccc(C(=O)NC3(C#N)CC3)cc21. The predicted octanol–water partition coefficient (Wildman–Crippen LogP) is 1.14. The smallest absolute Gasteiger partial charge is 0.326 e. The van der Waals surface area contributed by atoms with Gasteiger partial charge in [-0.25, -0.2) is 4.79 Å². The number of nitriles is 1. The average molecular weight is 270 g/mol. The quantitative estimate of drug-likeness (QED) is 0.876. The Morgan fingerprint density at radius 2 is 2.30 bits per heavy atom. The highest BCUT2D eigenvalue weighted by atomic mass is 16.2. The molecule has 6 nitrogen and oxygen atoms in total. The maximum absolute atomic E-state index is 12.1. The minimum Gasteiger partial charge on any atom is -0.334 e. The summed E-state index contributed by atoms with van der Waals surface area (Å²) in [6.07, 6.45) is 1.39. The molecule has 1 aliphatic carbocycles. The highest BCUT2D eigenvalue weighted by molar-refractivity contribution is 5.98. The summed E-state index contributed by atoms with van der Waals surface area (Å²) in [6.45, 7) is 2.41. The second kappa shape index (κ2) is 4.23. The first-order valence-electron chi connectivity index (χ1n) is 6.55. The van der Waals surface area contributed by atoms with Crippen molar-refractivity contribution < 1.29 is 4.79 Å². The molecular formula is C14H14N4O2. The number of nitrogens with zero attached hydrogens (tertiary/aromatic N) is 2. The van der Waals surface area contributed by atoms with Gasteiger partial charge in [0.05, 0.1) is 17.1 Å². The van der Waals surface area contributed by atoms with E-state index in [0.717, 1.165) is 0 Å². The van der Waals surface area contributed by atoms with Gasteiger partial charge in [-0.15, -0.1) is 0 Å². The van der Waals surface area contributed by atoms with Gasteiger partial charge in [-0.1, -0.05) is 0 Å². The van der Waals surface area contributed by atoms with E-state index in [1.54, 1.807) is 22.8 Å². The van der Waals surface area contributed by atoms with E-state index in [-0.39, 0.29) is 11.6 Å². The summed E-state index contributed by atoms with van der Waals surface area (Å²) >= 11 is 0. The summed E-state index contributed by atoms with van der Waals surface area (Å²) in [5.41, 5.74) is 0.993. The standard InChI is InChI=1S/C14H14N4O2/c1-2-18-11-7-9(3-4-10(11)16-13(18)20)12(19)17-14(8-15)5-6-14/h3-4,7H,2,5-6H2,1H3,(H,16,20)(H,17,19). The number of rotatable bonds is 3. The first-order chi connectivity index (χ1) is 9.58. The number of H-pyrrole nitrogens is 1. The van der Waals surface area contributed by atoms with Crippen molar-refractivity contribution in [3.8, 4) is 6.07 Å². The van der Waals surface area contributed by atoms with Crippen molar-refractivity contribution in [1.29, 1.82) is 5.26 Å². The normalized spacial score (nSPS) is 15.8. The first kappa shape index (κ1) is 12.5. The number of amides is 1. The summed E-state index contributed by atoms with van der Waals surface area (Å²) in [4.78, 5) is 26.6. The van der Waals surface area contributed by atoms with E-state index in [9.17, 15) is 9.59 Å². The van der Waals surface area contributed by atoms with E-state index in [0.29, 0.717) is 36.0 Å². The van der Waals surface area contributed by atoms with Crippen LogP contribution in [0.1, 0.15) is 30.1 Å². The molecule has 0 bridgehead atoms. The van der Waals surface area contributed by atoms with Gasteiger partial charge in [-0.05, 0) is 38.0 Å². The van der Waals surface area contributed by atoms with Crippen molar-refractivity contribution in [2.45, 2.75) is 31.8 Å². The van der Waals surface area contributed by atoms with E-state index in [1.165, 1.54) is 0 Å². The Kier molecular flexibility index (Phi) is 2.64. The van der Waals surface area contributed by atoms with Crippen LogP contribution in [-0.2, 0) is 6.54 Å². The Balaban J connectivity index is 1.98. The van der Waals surface area contributed by atoms with Crippen LogP contribution in [0.5, 0.6) is 0 Å². The molecule has 102 valence electrons. The van der Waals surface area contributed by atoms with Crippen LogP contribution in [0.15, 0.2) is 23.0 Å². The Hall–Kier alpha value is -2.55. The van der Waals surface area contributed by atoms with Crippen molar-refractivity contribution in [3.63, 3.8) is 0 Å². The lowest BCUT2D eigenvalue weighted by Gasteiger charge is -2.09. The van der Waals surface area contributed by atoms with Crippen LogP contribution in [0.4, 0.5) is 0 Å². The maximum Gasteiger partial charge on any atom is 0.326 e. The summed E-state index contributed by atoms with van der Waals surface area (Å²) in [7, 11) is 0. The molecule has 1 aliphatic rings. The lowest BCUT2D eigenvalue weighted by molar-refractivity contribution is 0.0941. The molecule has 6 heteroatoms. The Labute approximate surface area is 115 Å². The fourth-order valence-corrected chi connectivity index (χ4v) is 2.29. The number of nitrogens with one attached hydrogen (secondary N) is 2. The predicted molar refractivity (Wildman–Crippen MR) is 73.3 cm³/mol. The molecule has 0 atom stereocenters. The zero-order valence-corrected chi connectivity index (χ0v) is 11.1. The zero-order valence-electron chi connectivity index (χ0n) is 11.1. The molecule has 1 aromatic heterocycles. The molecule has 1 saturated carbocycles. The molecule has 0 aliphatic heterocycles. The Bertz CT molecular complexity index is 790. The molecule has 1 heterocycles. The lowest BCUT2D eigenvalue weighted by atomic mass is 10.1. The largest absolute Gasteiger partial charge is 0.334 e. The van der Waals surface area contributed by atoms with Crippen molar-refractivity contribution in [2.75, 3.05) is 0 Å². The van der Waals surface area contributed by atoms with Crippen molar-refractivity contribution in [1.82, 2.24) is 14.9 Å². The van der Waals surface area contributed by atoms with Crippen LogP contribution >= 0.6 is 0 Å². The Morgan fingerprint density at radius 3 is 2.90 bits per heavy atom. The van der Waals surface area contributed by atoms with Gasteiger partial charge in [-0.3, -0.25) is 9.36 Å². The number of aromatic amines is 1. The fraction of sp³-hybridized carbons (Fsp3) is 0.357. The fourth-order valence-electron chi connectivity index (χ4n) is 2.29. The number of benzene rings is 1. The van der Waals surface area contributed by atoms with Crippen LogP contribution in [-0.4, -0.2) is 21.0 Å². The van der Waals surface area contributed by atoms with E-state index in [2.05, 4.69) is 16.4 Å². The van der Waals surface area contributed by atoms with Crippen LogP contribution in [0, 0.1) is 11.3 Å². The number of carbonyl (C=O) groups excluding carboxylic acids is 1. The van der Waals surface area contributed by atoms with Gasteiger partial charge in [-0.2, -0.15) is 5.26 Å². The topological polar surface area (TPSA) is 90.7 Å². The van der Waals surface area contributed by atoms with Crippen LogP contribution < -0.4 is 11.0 Å². The number of carbonyl (C=O) groups is 1. The highest BCUT2D eigenvalue weighted by Crippen LogP contribution is 2.34. The molecule has 2 aromatic rings. The molecule has 2 N–H and O–H groups in total. The van der Waals surface area contributed by atoms with E-state index in [1.807, 2.05) is 6.92 Å². The molecule has 1 amide bonds. The molecule has 20 heavy (non-hydrogen) atoms. The summed E-state index contributed by atoms with van der Waals surface area (Å²) in [5.74, 6) is -0.276. The van der Waals surface area contributed by atoms with Crippen molar-refractivity contribution in [2.24, 2.45) is 0 Å². The molecule has 1 aromatic carbocycles. The van der Waals surface area contributed by atoms with Gasteiger partial charge < -0.3 is 10.3 Å². The summed E-state index contributed by atoms with van der Waals surface area (Å²) < 4.78 is 1.57. The van der Waals surface area contributed by atoms with E-state index in [4.69, 9.17) is 5.26 Å². The van der Waals surface area contributed by atoms with E-state index < -0.39 is 5.54 Å².